The van der Waals surface area contributed by atoms with E-state index >= 15 is 0 Å². The Morgan fingerprint density at radius 2 is 1.84 bits per heavy atom. The van der Waals surface area contributed by atoms with E-state index in [0.717, 1.165) is 11.1 Å². The maximum absolute atomic E-state index is 12.0. The maximum Gasteiger partial charge on any atom is 0.291 e. The molecule has 2 N–H and O–H groups in total. The van der Waals surface area contributed by atoms with Gasteiger partial charge in [0.25, 0.3) is 5.91 Å². The van der Waals surface area contributed by atoms with Gasteiger partial charge in [0, 0.05) is 22.5 Å². The van der Waals surface area contributed by atoms with E-state index in [-0.39, 0.29) is 17.4 Å². The number of nitrogens with one attached hydrogen (secondary N) is 1. The van der Waals surface area contributed by atoms with Crippen molar-refractivity contribution in [1.82, 2.24) is 0 Å². The number of carbonyl (C=O) groups is 1. The number of phenols is 1. The molecule has 4 rings (SSSR count). The normalized spacial score (nSPS) is 11.0. The number of aliphatic imine (C=N–C) groups is 1. The predicted octanol–water partition coefficient (Wildman–Crippen LogP) is 6.23. The highest BCUT2D eigenvalue weighted by Gasteiger charge is 2.08. The average Bonchev–Trinajstić information content (AvgIpc) is 3.32. The Hall–Kier alpha value is -3.83. The largest absolute Gasteiger partial charge is 0.507 e. The molecule has 0 aliphatic heterocycles. The first-order chi connectivity index (χ1) is 15.1. The number of furan rings is 1. The zero-order chi connectivity index (χ0) is 21.6. The van der Waals surface area contributed by atoms with E-state index in [0.29, 0.717) is 28.4 Å². The summed E-state index contributed by atoms with van der Waals surface area (Å²) in [6.45, 7) is 0. The van der Waals surface area contributed by atoms with Gasteiger partial charge in [-0.1, -0.05) is 35.9 Å². The lowest BCUT2D eigenvalue weighted by atomic mass is 10.0. The number of phenolic OH excluding ortho intramolecular Hbond substituents is 1. The molecule has 0 aliphatic carbocycles. The first kappa shape index (κ1) is 20.4. The molecular formula is C25H19ClN2O3. The number of hydrogen-bond acceptors (Lipinski definition) is 4. The van der Waals surface area contributed by atoms with Crippen molar-refractivity contribution in [3.63, 3.8) is 0 Å². The van der Waals surface area contributed by atoms with Gasteiger partial charge in [-0.15, -0.1) is 0 Å². The first-order valence-corrected chi connectivity index (χ1v) is 10.0. The molecule has 4 aromatic rings. The van der Waals surface area contributed by atoms with E-state index in [1.54, 1.807) is 48.7 Å². The zero-order valence-corrected chi connectivity index (χ0v) is 17.2. The molecule has 154 valence electrons. The van der Waals surface area contributed by atoms with Crippen molar-refractivity contribution in [1.29, 1.82) is 0 Å². The summed E-state index contributed by atoms with van der Waals surface area (Å²) in [5.74, 6) is 0.0738. The second kappa shape index (κ2) is 9.32. The Bertz CT molecular complexity index is 1220. The molecule has 31 heavy (non-hydrogen) atoms. The molecular weight excluding hydrogens is 412 g/mol. The van der Waals surface area contributed by atoms with Crippen LogP contribution in [0.4, 0.5) is 11.4 Å². The molecule has 0 saturated carbocycles. The van der Waals surface area contributed by atoms with Crippen LogP contribution in [0, 0.1) is 0 Å². The fourth-order valence-corrected chi connectivity index (χ4v) is 3.26. The molecule has 5 nitrogen and oxygen atoms in total. The van der Waals surface area contributed by atoms with Gasteiger partial charge < -0.3 is 14.8 Å². The van der Waals surface area contributed by atoms with Gasteiger partial charge in [-0.25, -0.2) is 0 Å². The lowest BCUT2D eigenvalue weighted by Gasteiger charge is -2.07. The third-order valence-corrected chi connectivity index (χ3v) is 5.04. The summed E-state index contributed by atoms with van der Waals surface area (Å²) in [6, 6.07) is 23.4. The summed E-state index contributed by atoms with van der Waals surface area (Å²) < 4.78 is 5.08. The highest BCUT2D eigenvalue weighted by Crippen LogP contribution is 2.24. The number of rotatable bonds is 6. The van der Waals surface area contributed by atoms with Crippen molar-refractivity contribution in [3.8, 4) is 5.75 Å². The van der Waals surface area contributed by atoms with Gasteiger partial charge in [-0.2, -0.15) is 0 Å². The lowest BCUT2D eigenvalue weighted by Crippen LogP contribution is -2.10. The third-order valence-electron chi connectivity index (χ3n) is 4.67. The number of aromatic hydroxyl groups is 1. The van der Waals surface area contributed by atoms with Crippen LogP contribution in [0.15, 0.2) is 94.5 Å². The molecule has 1 heterocycles. The fraction of sp³-hybridized carbons (Fsp3) is 0.0400. The number of amides is 1. The van der Waals surface area contributed by atoms with Crippen LogP contribution in [0.3, 0.4) is 0 Å². The number of nitrogens with zero attached hydrogens (tertiary/aromatic N) is 1. The molecule has 0 atom stereocenters. The molecule has 6 heteroatoms. The van der Waals surface area contributed by atoms with E-state index in [1.807, 2.05) is 36.4 Å². The van der Waals surface area contributed by atoms with Crippen molar-refractivity contribution in [3.05, 3.63) is 113 Å². The van der Waals surface area contributed by atoms with Crippen LogP contribution in [0.2, 0.25) is 5.02 Å². The minimum Gasteiger partial charge on any atom is -0.507 e. The van der Waals surface area contributed by atoms with E-state index in [9.17, 15) is 9.90 Å². The molecule has 1 amide bonds. The van der Waals surface area contributed by atoms with Crippen LogP contribution in [0.1, 0.15) is 27.2 Å². The van der Waals surface area contributed by atoms with Gasteiger partial charge in [-0.3, -0.25) is 9.79 Å². The van der Waals surface area contributed by atoms with Crippen LogP contribution >= 0.6 is 11.6 Å². The summed E-state index contributed by atoms with van der Waals surface area (Å²) in [7, 11) is 0. The van der Waals surface area contributed by atoms with E-state index in [2.05, 4.69) is 10.3 Å². The molecule has 0 spiro atoms. The summed E-state index contributed by atoms with van der Waals surface area (Å²) >= 11 is 6.25. The fourth-order valence-electron chi connectivity index (χ4n) is 3.05. The quantitative estimate of drug-likeness (QED) is 0.356. The van der Waals surface area contributed by atoms with E-state index < -0.39 is 0 Å². The molecule has 0 unspecified atom stereocenters. The van der Waals surface area contributed by atoms with Crippen LogP contribution < -0.4 is 5.32 Å². The Kier molecular flexibility index (Phi) is 6.15. The molecule has 0 aliphatic rings. The maximum atomic E-state index is 12.0. The van der Waals surface area contributed by atoms with Gasteiger partial charge in [-0.05, 0) is 72.1 Å². The minimum absolute atomic E-state index is 0.147. The molecule has 0 radical (unpaired) electrons. The molecule has 0 fully saturated rings. The van der Waals surface area contributed by atoms with Gasteiger partial charge in [0.15, 0.2) is 5.76 Å². The number of halogens is 1. The van der Waals surface area contributed by atoms with Crippen molar-refractivity contribution in [2.24, 2.45) is 4.99 Å². The number of hydrogen-bond donors (Lipinski definition) is 2. The molecule has 0 bridgehead atoms. The SMILES string of the molecule is O=C(Nc1ccc(N=Cc2cc(Cc3ccccc3Cl)ccc2O)cc1)c1ccco1. The monoisotopic (exact) mass is 430 g/mol. The van der Waals surface area contributed by atoms with Gasteiger partial charge in [0.2, 0.25) is 0 Å². The van der Waals surface area contributed by atoms with Crippen molar-refractivity contribution >= 4 is 35.1 Å². The highest BCUT2D eigenvalue weighted by molar-refractivity contribution is 6.31. The Labute approximate surface area is 184 Å². The molecule has 0 saturated heterocycles. The second-order valence-electron chi connectivity index (χ2n) is 6.90. The summed E-state index contributed by atoms with van der Waals surface area (Å²) in [5.41, 5.74) is 3.96. The topological polar surface area (TPSA) is 74.8 Å². The van der Waals surface area contributed by atoms with Gasteiger partial charge in [0.1, 0.15) is 5.75 Å². The number of benzene rings is 3. The first-order valence-electron chi connectivity index (χ1n) is 9.63. The number of carbonyl (C=O) groups excluding carboxylic acids is 1. The van der Waals surface area contributed by atoms with Crippen molar-refractivity contribution in [2.45, 2.75) is 6.42 Å². The second-order valence-corrected chi connectivity index (χ2v) is 7.31. The smallest absolute Gasteiger partial charge is 0.291 e. The van der Waals surface area contributed by atoms with Crippen LogP contribution in [-0.2, 0) is 6.42 Å². The Balaban J connectivity index is 1.45. The summed E-state index contributed by atoms with van der Waals surface area (Å²) in [6.07, 6.45) is 3.72. The van der Waals surface area contributed by atoms with Crippen molar-refractivity contribution in [2.75, 3.05) is 5.32 Å². The van der Waals surface area contributed by atoms with Gasteiger partial charge >= 0.3 is 0 Å². The number of anilines is 1. The zero-order valence-electron chi connectivity index (χ0n) is 16.5. The van der Waals surface area contributed by atoms with Crippen LogP contribution in [0.25, 0.3) is 0 Å². The minimum atomic E-state index is -0.318. The predicted molar refractivity (Wildman–Crippen MR) is 123 cm³/mol. The highest BCUT2D eigenvalue weighted by atomic mass is 35.5. The lowest BCUT2D eigenvalue weighted by molar-refractivity contribution is 0.0996. The third kappa shape index (κ3) is 5.21. The Morgan fingerprint density at radius 1 is 1.03 bits per heavy atom. The summed E-state index contributed by atoms with van der Waals surface area (Å²) in [4.78, 5) is 16.5. The van der Waals surface area contributed by atoms with Gasteiger partial charge in [0.05, 0.1) is 12.0 Å². The van der Waals surface area contributed by atoms with E-state index in [1.165, 1.54) is 6.26 Å². The molecule has 3 aromatic carbocycles. The van der Waals surface area contributed by atoms with Crippen LogP contribution in [-0.4, -0.2) is 17.2 Å². The Morgan fingerprint density at radius 3 is 2.58 bits per heavy atom. The van der Waals surface area contributed by atoms with Crippen LogP contribution in [0.5, 0.6) is 5.75 Å². The summed E-state index contributed by atoms with van der Waals surface area (Å²) in [5, 5.41) is 13.7. The molecule has 1 aromatic heterocycles. The van der Waals surface area contributed by atoms with Crippen molar-refractivity contribution < 1.29 is 14.3 Å². The van der Waals surface area contributed by atoms with E-state index in [4.69, 9.17) is 16.0 Å². The standard InChI is InChI=1S/C25H19ClN2O3/c26-22-5-2-1-4-18(22)14-17-7-12-23(29)19(15-17)16-27-20-8-10-21(11-9-20)28-25(30)24-6-3-13-31-24/h1-13,15-16,29H,14H2,(H,28,30). The average molecular weight is 431 g/mol.